The highest BCUT2D eigenvalue weighted by Crippen LogP contribution is 2.26. The second-order valence-corrected chi connectivity index (χ2v) is 6.53. The number of hydrogen-bond acceptors (Lipinski definition) is 2. The van der Waals surface area contributed by atoms with Crippen molar-refractivity contribution in [2.75, 3.05) is 14.1 Å². The molecule has 0 aromatic heterocycles. The van der Waals surface area contributed by atoms with E-state index in [1.807, 2.05) is 0 Å². The molecule has 112 valence electrons. The van der Waals surface area contributed by atoms with Crippen molar-refractivity contribution in [3.8, 4) is 0 Å². The molecule has 1 aliphatic rings. The van der Waals surface area contributed by atoms with E-state index in [0.29, 0.717) is 0 Å². The summed E-state index contributed by atoms with van der Waals surface area (Å²) in [6.45, 7) is 4.38. The Morgan fingerprint density at radius 2 is 1.90 bits per heavy atom. The van der Waals surface area contributed by atoms with Crippen LogP contribution < -0.4 is 5.32 Å². The fraction of sp³-hybridized carbons (Fsp3) is 0.667. The van der Waals surface area contributed by atoms with Crippen molar-refractivity contribution in [3.05, 3.63) is 35.4 Å². The minimum absolute atomic E-state index is 0.723. The van der Waals surface area contributed by atoms with E-state index in [2.05, 4.69) is 55.5 Å². The van der Waals surface area contributed by atoms with Gasteiger partial charge in [-0.15, -0.1) is 0 Å². The molecule has 1 saturated carbocycles. The molecule has 2 unspecified atom stereocenters. The van der Waals surface area contributed by atoms with Gasteiger partial charge in [-0.25, -0.2) is 0 Å². The molecule has 0 spiro atoms. The van der Waals surface area contributed by atoms with Crippen LogP contribution in [0.15, 0.2) is 24.3 Å². The maximum absolute atomic E-state index is 3.80. The molecular weight excluding hydrogens is 244 g/mol. The van der Waals surface area contributed by atoms with Crippen LogP contribution in [0, 0.1) is 5.92 Å². The fourth-order valence-corrected chi connectivity index (χ4v) is 3.33. The largest absolute Gasteiger partial charge is 0.310 e. The van der Waals surface area contributed by atoms with Crippen LogP contribution in [0.5, 0.6) is 0 Å². The third-order valence-corrected chi connectivity index (χ3v) is 4.55. The number of benzene rings is 1. The van der Waals surface area contributed by atoms with E-state index in [0.717, 1.165) is 25.0 Å². The first-order chi connectivity index (χ1) is 9.69. The number of rotatable bonds is 6. The van der Waals surface area contributed by atoms with Gasteiger partial charge in [0.1, 0.15) is 0 Å². The maximum Gasteiger partial charge on any atom is 0.0230 e. The van der Waals surface area contributed by atoms with Crippen molar-refractivity contribution in [3.63, 3.8) is 0 Å². The lowest BCUT2D eigenvalue weighted by atomic mass is 9.84. The first kappa shape index (κ1) is 15.5. The summed E-state index contributed by atoms with van der Waals surface area (Å²) < 4.78 is 0. The topological polar surface area (TPSA) is 15.3 Å². The van der Waals surface area contributed by atoms with Crippen LogP contribution in [0.1, 0.15) is 50.2 Å². The van der Waals surface area contributed by atoms with Crippen LogP contribution in [0.25, 0.3) is 0 Å². The molecule has 0 amide bonds. The van der Waals surface area contributed by atoms with Crippen molar-refractivity contribution in [1.29, 1.82) is 0 Å². The lowest BCUT2D eigenvalue weighted by Crippen LogP contribution is -2.34. The highest BCUT2D eigenvalue weighted by Gasteiger charge is 2.20. The van der Waals surface area contributed by atoms with Crippen molar-refractivity contribution < 1.29 is 0 Å². The van der Waals surface area contributed by atoms with Crippen molar-refractivity contribution in [1.82, 2.24) is 10.2 Å². The molecule has 0 aliphatic heterocycles. The Kier molecular flexibility index (Phi) is 6.06. The Morgan fingerprint density at radius 1 is 1.15 bits per heavy atom. The van der Waals surface area contributed by atoms with Gasteiger partial charge < -0.3 is 10.2 Å². The predicted molar refractivity (Wildman–Crippen MR) is 86.7 cm³/mol. The Hall–Kier alpha value is -0.860. The van der Waals surface area contributed by atoms with Gasteiger partial charge in [-0.1, -0.05) is 50.5 Å². The monoisotopic (exact) mass is 274 g/mol. The van der Waals surface area contributed by atoms with E-state index in [1.165, 1.54) is 43.2 Å². The van der Waals surface area contributed by atoms with Gasteiger partial charge in [0.05, 0.1) is 0 Å². The summed E-state index contributed by atoms with van der Waals surface area (Å²) in [5.41, 5.74) is 2.91. The average Bonchev–Trinajstić information content (AvgIpc) is 2.46. The molecule has 1 N–H and O–H groups in total. The SMILES string of the molecule is CCC1CCCC(NCc2ccccc2CN(C)C)C1. The van der Waals surface area contributed by atoms with Gasteiger partial charge in [0.15, 0.2) is 0 Å². The minimum Gasteiger partial charge on any atom is -0.310 e. The summed E-state index contributed by atoms with van der Waals surface area (Å²) in [7, 11) is 4.27. The Labute approximate surface area is 124 Å². The Balaban J connectivity index is 1.90. The van der Waals surface area contributed by atoms with Gasteiger partial charge in [-0.2, -0.15) is 0 Å². The highest BCUT2D eigenvalue weighted by atomic mass is 15.0. The average molecular weight is 274 g/mol. The molecule has 2 heteroatoms. The standard InChI is InChI=1S/C18H30N2/c1-4-15-8-7-11-18(12-15)19-13-16-9-5-6-10-17(16)14-20(2)3/h5-6,9-10,15,18-19H,4,7-8,11-14H2,1-3H3. The van der Waals surface area contributed by atoms with Gasteiger partial charge in [0, 0.05) is 19.1 Å². The highest BCUT2D eigenvalue weighted by molar-refractivity contribution is 5.27. The van der Waals surface area contributed by atoms with E-state index in [4.69, 9.17) is 0 Å². The van der Waals surface area contributed by atoms with Crippen LogP contribution >= 0.6 is 0 Å². The number of nitrogens with zero attached hydrogens (tertiary/aromatic N) is 1. The van der Waals surface area contributed by atoms with Gasteiger partial charge in [0.25, 0.3) is 0 Å². The summed E-state index contributed by atoms with van der Waals surface area (Å²) in [6, 6.07) is 9.56. The number of hydrogen-bond donors (Lipinski definition) is 1. The fourth-order valence-electron chi connectivity index (χ4n) is 3.33. The molecule has 2 rings (SSSR count). The van der Waals surface area contributed by atoms with Crippen molar-refractivity contribution in [2.45, 2.75) is 58.2 Å². The Morgan fingerprint density at radius 3 is 2.60 bits per heavy atom. The van der Waals surface area contributed by atoms with Crippen LogP contribution in [0.4, 0.5) is 0 Å². The normalized spacial score (nSPS) is 23.2. The summed E-state index contributed by atoms with van der Waals surface area (Å²) >= 11 is 0. The Bertz CT molecular complexity index is 400. The van der Waals surface area contributed by atoms with E-state index in [9.17, 15) is 0 Å². The molecule has 1 aromatic rings. The molecule has 1 aliphatic carbocycles. The molecule has 2 atom stereocenters. The lowest BCUT2D eigenvalue weighted by molar-refractivity contribution is 0.278. The zero-order valence-corrected chi connectivity index (χ0v) is 13.4. The molecule has 1 fully saturated rings. The number of nitrogens with one attached hydrogen (secondary N) is 1. The summed E-state index contributed by atoms with van der Waals surface area (Å²) in [6.07, 6.45) is 6.90. The summed E-state index contributed by atoms with van der Waals surface area (Å²) in [5, 5.41) is 3.80. The van der Waals surface area contributed by atoms with E-state index in [-0.39, 0.29) is 0 Å². The molecule has 0 bridgehead atoms. The molecule has 1 aromatic carbocycles. The quantitative estimate of drug-likeness (QED) is 0.848. The zero-order valence-electron chi connectivity index (χ0n) is 13.4. The van der Waals surface area contributed by atoms with Crippen molar-refractivity contribution >= 4 is 0 Å². The van der Waals surface area contributed by atoms with E-state index < -0.39 is 0 Å². The first-order valence-electron chi connectivity index (χ1n) is 8.14. The third-order valence-electron chi connectivity index (χ3n) is 4.55. The maximum atomic E-state index is 3.80. The first-order valence-corrected chi connectivity index (χ1v) is 8.14. The molecule has 2 nitrogen and oxygen atoms in total. The van der Waals surface area contributed by atoms with Gasteiger partial charge in [0.2, 0.25) is 0 Å². The molecular formula is C18H30N2. The molecule has 20 heavy (non-hydrogen) atoms. The van der Waals surface area contributed by atoms with Crippen molar-refractivity contribution in [2.24, 2.45) is 5.92 Å². The summed E-state index contributed by atoms with van der Waals surface area (Å²) in [4.78, 5) is 2.24. The third kappa shape index (κ3) is 4.60. The van der Waals surface area contributed by atoms with Crippen LogP contribution in [0.2, 0.25) is 0 Å². The van der Waals surface area contributed by atoms with E-state index in [1.54, 1.807) is 0 Å². The smallest absolute Gasteiger partial charge is 0.0230 e. The van der Waals surface area contributed by atoms with Crippen LogP contribution in [0.3, 0.4) is 0 Å². The molecule has 0 heterocycles. The van der Waals surface area contributed by atoms with Gasteiger partial charge in [-0.3, -0.25) is 0 Å². The van der Waals surface area contributed by atoms with Gasteiger partial charge in [-0.05, 0) is 44.0 Å². The molecule has 0 saturated heterocycles. The second kappa shape index (κ2) is 7.80. The minimum atomic E-state index is 0.723. The summed E-state index contributed by atoms with van der Waals surface area (Å²) in [5.74, 6) is 0.943. The van der Waals surface area contributed by atoms with Crippen LogP contribution in [-0.2, 0) is 13.1 Å². The van der Waals surface area contributed by atoms with E-state index >= 15 is 0 Å². The molecule has 0 radical (unpaired) electrons. The zero-order chi connectivity index (χ0) is 14.4. The second-order valence-electron chi connectivity index (χ2n) is 6.53. The predicted octanol–water partition coefficient (Wildman–Crippen LogP) is 3.81. The lowest BCUT2D eigenvalue weighted by Gasteiger charge is -2.29. The van der Waals surface area contributed by atoms with Crippen LogP contribution in [-0.4, -0.2) is 25.0 Å². The van der Waals surface area contributed by atoms with Gasteiger partial charge >= 0.3 is 0 Å².